The zero-order valence-electron chi connectivity index (χ0n) is 20.2. The molecule has 3 heterocycles. The molecule has 0 spiro atoms. The minimum absolute atomic E-state index is 0.180. The van der Waals surface area contributed by atoms with Crippen molar-refractivity contribution in [3.8, 4) is 0 Å². The van der Waals surface area contributed by atoms with Gasteiger partial charge in [-0.3, -0.25) is 9.59 Å². The summed E-state index contributed by atoms with van der Waals surface area (Å²) in [5.41, 5.74) is 4.57. The van der Waals surface area contributed by atoms with Crippen LogP contribution in [0.3, 0.4) is 0 Å². The predicted octanol–water partition coefficient (Wildman–Crippen LogP) is 3.51. The number of carbonyl (C=O) groups is 2. The lowest BCUT2D eigenvalue weighted by atomic mass is 9.95. The normalized spacial score (nSPS) is 16.9. The molecule has 2 amide bonds. The summed E-state index contributed by atoms with van der Waals surface area (Å²) >= 11 is 0. The SMILES string of the molecule is CCN(CC)C(=O)CCc1c(C)nc2cc([C@@H]3CCN(C(=O)C(C)(C)C)C3)nn2c1C. The molecule has 2 aromatic rings. The maximum absolute atomic E-state index is 12.6. The van der Waals surface area contributed by atoms with Gasteiger partial charge in [0.25, 0.3) is 0 Å². The van der Waals surface area contributed by atoms with Gasteiger partial charge >= 0.3 is 0 Å². The van der Waals surface area contributed by atoms with Gasteiger partial charge in [0.2, 0.25) is 11.8 Å². The minimum Gasteiger partial charge on any atom is -0.343 e. The molecule has 0 aliphatic carbocycles. The molecule has 7 heteroatoms. The van der Waals surface area contributed by atoms with Crippen LogP contribution < -0.4 is 0 Å². The highest BCUT2D eigenvalue weighted by molar-refractivity contribution is 5.81. The Kier molecular flexibility index (Phi) is 6.72. The average molecular weight is 428 g/mol. The second-order valence-corrected chi connectivity index (χ2v) is 9.65. The summed E-state index contributed by atoms with van der Waals surface area (Å²) in [7, 11) is 0. The number of aryl methyl sites for hydroxylation is 2. The molecule has 0 saturated carbocycles. The van der Waals surface area contributed by atoms with E-state index in [1.807, 2.05) is 55.9 Å². The summed E-state index contributed by atoms with van der Waals surface area (Å²) in [6, 6.07) is 2.06. The van der Waals surface area contributed by atoms with Gasteiger partial charge in [-0.1, -0.05) is 20.8 Å². The van der Waals surface area contributed by atoms with Crippen molar-refractivity contribution in [3.05, 3.63) is 28.7 Å². The van der Waals surface area contributed by atoms with Gasteiger partial charge in [-0.05, 0) is 46.1 Å². The Morgan fingerprint density at radius 1 is 1.19 bits per heavy atom. The third-order valence-electron chi connectivity index (χ3n) is 6.42. The summed E-state index contributed by atoms with van der Waals surface area (Å²) in [6.45, 7) is 17.0. The van der Waals surface area contributed by atoms with E-state index in [0.29, 0.717) is 19.4 Å². The van der Waals surface area contributed by atoms with Crippen molar-refractivity contribution < 1.29 is 9.59 Å². The van der Waals surface area contributed by atoms with Crippen LogP contribution in [0.1, 0.15) is 76.0 Å². The van der Waals surface area contributed by atoms with Crippen molar-refractivity contribution in [2.24, 2.45) is 5.41 Å². The van der Waals surface area contributed by atoms with Gasteiger partial charge in [0.05, 0.1) is 5.69 Å². The molecule has 3 rings (SSSR count). The molecule has 1 aliphatic rings. The van der Waals surface area contributed by atoms with Crippen LogP contribution >= 0.6 is 0 Å². The molecule has 170 valence electrons. The maximum atomic E-state index is 12.6. The third-order valence-corrected chi connectivity index (χ3v) is 6.42. The Balaban J connectivity index is 1.80. The maximum Gasteiger partial charge on any atom is 0.227 e. The van der Waals surface area contributed by atoms with E-state index < -0.39 is 0 Å². The van der Waals surface area contributed by atoms with E-state index in [1.54, 1.807) is 0 Å². The highest BCUT2D eigenvalue weighted by Gasteiger charge is 2.34. The molecule has 1 atom stereocenters. The molecule has 0 unspecified atom stereocenters. The summed E-state index contributed by atoms with van der Waals surface area (Å²) in [5.74, 6) is 0.615. The van der Waals surface area contributed by atoms with Crippen molar-refractivity contribution >= 4 is 17.5 Å². The molecule has 0 N–H and O–H groups in total. The zero-order valence-corrected chi connectivity index (χ0v) is 20.2. The fourth-order valence-corrected chi connectivity index (χ4v) is 4.53. The molecule has 1 aliphatic heterocycles. The summed E-state index contributed by atoms with van der Waals surface area (Å²) in [6.07, 6.45) is 2.08. The van der Waals surface area contributed by atoms with Crippen LogP contribution in [0.2, 0.25) is 0 Å². The molecule has 0 bridgehead atoms. The van der Waals surface area contributed by atoms with Gasteiger partial charge in [-0.2, -0.15) is 5.10 Å². The molecular weight excluding hydrogens is 390 g/mol. The van der Waals surface area contributed by atoms with E-state index >= 15 is 0 Å². The molecule has 2 aromatic heterocycles. The lowest BCUT2D eigenvalue weighted by molar-refractivity contribution is -0.138. The number of rotatable bonds is 6. The fourth-order valence-electron chi connectivity index (χ4n) is 4.53. The number of carbonyl (C=O) groups excluding carboxylic acids is 2. The minimum atomic E-state index is -0.361. The lowest BCUT2D eigenvalue weighted by Crippen LogP contribution is -2.37. The number of amides is 2. The molecule has 1 saturated heterocycles. The van der Waals surface area contributed by atoms with Crippen LogP contribution in [0.5, 0.6) is 0 Å². The number of nitrogens with zero attached hydrogens (tertiary/aromatic N) is 5. The van der Waals surface area contributed by atoms with E-state index in [-0.39, 0.29) is 23.1 Å². The Hall–Kier alpha value is -2.44. The number of hydrogen-bond donors (Lipinski definition) is 0. The van der Waals surface area contributed by atoms with Crippen LogP contribution in [0.4, 0.5) is 0 Å². The van der Waals surface area contributed by atoms with Crippen LogP contribution in [0.25, 0.3) is 5.65 Å². The van der Waals surface area contributed by atoms with Gasteiger partial charge in [0.15, 0.2) is 5.65 Å². The van der Waals surface area contributed by atoms with E-state index in [2.05, 4.69) is 13.0 Å². The number of likely N-dealkylation sites (tertiary alicyclic amines) is 1. The monoisotopic (exact) mass is 427 g/mol. The highest BCUT2D eigenvalue weighted by Crippen LogP contribution is 2.30. The Morgan fingerprint density at radius 3 is 2.48 bits per heavy atom. The quantitative estimate of drug-likeness (QED) is 0.707. The van der Waals surface area contributed by atoms with Crippen LogP contribution in [-0.4, -0.2) is 62.4 Å². The Morgan fingerprint density at radius 2 is 1.87 bits per heavy atom. The van der Waals surface area contributed by atoms with Gasteiger partial charge in [-0.25, -0.2) is 9.50 Å². The van der Waals surface area contributed by atoms with Crippen LogP contribution in [-0.2, 0) is 16.0 Å². The molecule has 0 radical (unpaired) electrons. The standard InChI is InChI=1S/C24H37N5O2/c1-8-27(9-2)22(30)11-10-19-16(3)25-21-14-20(26-29(21)17(19)4)18-12-13-28(15-18)23(31)24(5,6)7/h14,18H,8-13,15H2,1-7H3/t18-/m1/s1. The van der Waals surface area contributed by atoms with Gasteiger partial charge in [-0.15, -0.1) is 0 Å². The largest absolute Gasteiger partial charge is 0.343 e. The Labute approximate surface area is 185 Å². The predicted molar refractivity (Wildman–Crippen MR) is 122 cm³/mol. The average Bonchev–Trinajstić information content (AvgIpc) is 3.34. The summed E-state index contributed by atoms with van der Waals surface area (Å²) in [4.78, 5) is 33.7. The van der Waals surface area contributed by atoms with Gasteiger partial charge in [0.1, 0.15) is 0 Å². The first-order chi connectivity index (χ1) is 14.6. The first-order valence-corrected chi connectivity index (χ1v) is 11.5. The van der Waals surface area contributed by atoms with Crippen LogP contribution in [0.15, 0.2) is 6.07 Å². The molecule has 0 aromatic carbocycles. The molecule has 7 nitrogen and oxygen atoms in total. The van der Waals surface area contributed by atoms with Crippen molar-refractivity contribution in [2.45, 2.75) is 73.6 Å². The topological polar surface area (TPSA) is 70.8 Å². The molecule has 31 heavy (non-hydrogen) atoms. The van der Waals surface area contributed by atoms with Crippen LogP contribution in [0, 0.1) is 19.3 Å². The number of hydrogen-bond acceptors (Lipinski definition) is 4. The van der Waals surface area contributed by atoms with E-state index in [1.165, 1.54) is 0 Å². The van der Waals surface area contributed by atoms with Crippen molar-refractivity contribution in [3.63, 3.8) is 0 Å². The van der Waals surface area contributed by atoms with Crippen molar-refractivity contribution in [1.29, 1.82) is 0 Å². The summed E-state index contributed by atoms with van der Waals surface area (Å²) in [5, 5.41) is 4.87. The van der Waals surface area contributed by atoms with E-state index in [9.17, 15) is 9.59 Å². The Bertz CT molecular complexity index is 968. The third kappa shape index (κ3) is 4.75. The second-order valence-electron chi connectivity index (χ2n) is 9.65. The van der Waals surface area contributed by atoms with Gasteiger partial charge < -0.3 is 9.80 Å². The van der Waals surface area contributed by atoms with E-state index in [4.69, 9.17) is 10.1 Å². The number of fused-ring (bicyclic) bond motifs is 1. The van der Waals surface area contributed by atoms with Gasteiger partial charge in [0, 0.05) is 61.4 Å². The second kappa shape index (κ2) is 8.97. The first kappa shape index (κ1) is 23.2. The van der Waals surface area contributed by atoms with E-state index in [0.717, 1.165) is 54.3 Å². The summed E-state index contributed by atoms with van der Waals surface area (Å²) < 4.78 is 1.91. The lowest BCUT2D eigenvalue weighted by Gasteiger charge is -2.25. The molecular formula is C24H37N5O2. The zero-order chi connectivity index (χ0) is 22.9. The first-order valence-electron chi connectivity index (χ1n) is 11.5. The van der Waals surface area contributed by atoms with Crippen molar-refractivity contribution in [2.75, 3.05) is 26.2 Å². The fraction of sp³-hybridized carbons (Fsp3) is 0.667. The number of aromatic nitrogens is 3. The van der Waals surface area contributed by atoms with Crippen molar-refractivity contribution in [1.82, 2.24) is 24.4 Å². The molecule has 1 fully saturated rings. The smallest absolute Gasteiger partial charge is 0.227 e. The highest BCUT2D eigenvalue weighted by atomic mass is 16.2.